The Bertz CT molecular complexity index is 234. The molecule has 0 aliphatic carbocycles. The van der Waals surface area contributed by atoms with E-state index in [2.05, 4.69) is 0 Å². The highest BCUT2D eigenvalue weighted by Gasteiger charge is 1.84. The molecule has 3 nitrogen and oxygen atoms in total. The Balaban J connectivity index is 2.79. The topological polar surface area (TPSA) is 31.2 Å². The van der Waals surface area contributed by atoms with Gasteiger partial charge in [-0.25, -0.2) is 0 Å². The van der Waals surface area contributed by atoms with Crippen molar-refractivity contribution < 1.29 is 4.74 Å². The Morgan fingerprint density at radius 2 is 2.10 bits per heavy atom. The number of hydrogen-bond acceptors (Lipinski definition) is 2. The van der Waals surface area contributed by atoms with Crippen molar-refractivity contribution in [2.24, 2.45) is 0 Å². The molecule has 0 atom stereocenters. The van der Waals surface area contributed by atoms with Gasteiger partial charge in [0.2, 0.25) is 0 Å². The Morgan fingerprint density at radius 3 is 2.60 bits per heavy atom. The number of rotatable bonds is 2. The number of nitrogens with zero attached hydrogens (tertiary/aromatic N) is 1. The summed E-state index contributed by atoms with van der Waals surface area (Å²) in [5.74, 6) is 0. The van der Waals surface area contributed by atoms with Gasteiger partial charge < -0.3 is 9.30 Å². The minimum Gasteiger partial charge on any atom is -0.364 e. The first-order chi connectivity index (χ1) is 4.83. The number of pyridine rings is 1. The second kappa shape index (κ2) is 3.17. The second-order valence-electron chi connectivity index (χ2n) is 1.97. The molecule has 54 valence electrons. The number of methoxy groups -OCH3 is 1. The van der Waals surface area contributed by atoms with Gasteiger partial charge in [0, 0.05) is 31.6 Å². The van der Waals surface area contributed by atoms with E-state index < -0.39 is 0 Å². The molecule has 0 radical (unpaired) electrons. The summed E-state index contributed by atoms with van der Waals surface area (Å²) in [7, 11) is 1.61. The van der Waals surface area contributed by atoms with Gasteiger partial charge in [-0.1, -0.05) is 0 Å². The van der Waals surface area contributed by atoms with E-state index in [4.69, 9.17) is 4.74 Å². The summed E-state index contributed by atoms with van der Waals surface area (Å²) < 4.78 is 6.61. The summed E-state index contributed by atoms with van der Waals surface area (Å²) in [6.45, 7) is 0.486. The minimum atomic E-state index is 0.0207. The Kier molecular flexibility index (Phi) is 2.23. The molecule has 0 aromatic carbocycles. The lowest BCUT2D eigenvalue weighted by atomic mass is 10.5. The van der Waals surface area contributed by atoms with Crippen molar-refractivity contribution in [2.45, 2.75) is 6.73 Å². The van der Waals surface area contributed by atoms with Crippen LogP contribution in [0.5, 0.6) is 0 Å². The summed E-state index contributed by atoms with van der Waals surface area (Å²) in [4.78, 5) is 10.6. The van der Waals surface area contributed by atoms with Gasteiger partial charge in [-0.15, -0.1) is 0 Å². The van der Waals surface area contributed by atoms with E-state index in [9.17, 15) is 4.79 Å². The SMILES string of the molecule is COCn1ccc(=O)cc1. The molecule has 0 saturated heterocycles. The maximum absolute atomic E-state index is 10.6. The molecule has 0 fully saturated rings. The molecule has 1 aromatic heterocycles. The standard InChI is InChI=1S/C7H9NO2/c1-10-6-8-4-2-7(9)3-5-8/h2-5H,6H2,1H3. The quantitative estimate of drug-likeness (QED) is 0.595. The summed E-state index contributed by atoms with van der Waals surface area (Å²) in [5.41, 5.74) is 0.0207. The van der Waals surface area contributed by atoms with Crippen molar-refractivity contribution in [3.63, 3.8) is 0 Å². The molecule has 0 aliphatic rings. The largest absolute Gasteiger partial charge is 0.364 e. The summed E-state index contributed by atoms with van der Waals surface area (Å²) in [6.07, 6.45) is 3.37. The van der Waals surface area contributed by atoms with Crippen molar-refractivity contribution in [3.8, 4) is 0 Å². The molecule has 0 bridgehead atoms. The van der Waals surface area contributed by atoms with E-state index in [1.165, 1.54) is 12.1 Å². The monoisotopic (exact) mass is 139 g/mol. The average molecular weight is 139 g/mol. The van der Waals surface area contributed by atoms with Crippen molar-refractivity contribution in [1.82, 2.24) is 4.57 Å². The van der Waals surface area contributed by atoms with Crippen LogP contribution in [0, 0.1) is 0 Å². The molecule has 0 spiro atoms. The fourth-order valence-corrected chi connectivity index (χ4v) is 0.679. The predicted octanol–water partition coefficient (Wildman–Crippen LogP) is 0.452. The molecule has 0 saturated carbocycles. The van der Waals surface area contributed by atoms with Crippen LogP contribution in [0.15, 0.2) is 29.3 Å². The van der Waals surface area contributed by atoms with E-state index in [1.807, 2.05) is 0 Å². The minimum absolute atomic E-state index is 0.0207. The summed E-state index contributed by atoms with van der Waals surface area (Å²) in [6, 6.07) is 3.00. The Morgan fingerprint density at radius 1 is 1.50 bits per heavy atom. The van der Waals surface area contributed by atoms with Crippen molar-refractivity contribution >= 4 is 0 Å². The maximum Gasteiger partial charge on any atom is 0.181 e. The smallest absolute Gasteiger partial charge is 0.181 e. The van der Waals surface area contributed by atoms with Crippen LogP contribution in [0.4, 0.5) is 0 Å². The molecule has 0 amide bonds. The van der Waals surface area contributed by atoms with Crippen LogP contribution in [-0.2, 0) is 11.5 Å². The van der Waals surface area contributed by atoms with Crippen LogP contribution in [0.25, 0.3) is 0 Å². The van der Waals surface area contributed by atoms with Crippen LogP contribution in [-0.4, -0.2) is 11.7 Å². The lowest BCUT2D eigenvalue weighted by Crippen LogP contribution is -2.04. The molecular formula is C7H9NO2. The maximum atomic E-state index is 10.6. The third kappa shape index (κ3) is 1.70. The first-order valence-electron chi connectivity index (χ1n) is 2.98. The number of aromatic nitrogens is 1. The molecule has 1 rings (SSSR count). The highest BCUT2D eigenvalue weighted by molar-refractivity contribution is 4.92. The zero-order chi connectivity index (χ0) is 7.40. The van der Waals surface area contributed by atoms with Gasteiger partial charge in [0.05, 0.1) is 0 Å². The van der Waals surface area contributed by atoms with E-state index >= 15 is 0 Å². The van der Waals surface area contributed by atoms with Crippen molar-refractivity contribution in [3.05, 3.63) is 34.7 Å². The van der Waals surface area contributed by atoms with Gasteiger partial charge in [-0.2, -0.15) is 0 Å². The van der Waals surface area contributed by atoms with Crippen LogP contribution in [0.3, 0.4) is 0 Å². The van der Waals surface area contributed by atoms with Crippen LogP contribution >= 0.6 is 0 Å². The Labute approximate surface area is 58.9 Å². The summed E-state index contributed by atoms with van der Waals surface area (Å²) >= 11 is 0. The molecular weight excluding hydrogens is 130 g/mol. The van der Waals surface area contributed by atoms with Crippen LogP contribution in [0.2, 0.25) is 0 Å². The zero-order valence-electron chi connectivity index (χ0n) is 5.78. The normalized spacial score (nSPS) is 9.70. The molecule has 0 aliphatic heterocycles. The van der Waals surface area contributed by atoms with E-state index in [-0.39, 0.29) is 5.43 Å². The van der Waals surface area contributed by atoms with Gasteiger partial charge in [0.15, 0.2) is 5.43 Å². The first kappa shape index (κ1) is 7.02. The van der Waals surface area contributed by atoms with Crippen LogP contribution in [0.1, 0.15) is 0 Å². The molecule has 3 heteroatoms. The second-order valence-corrected chi connectivity index (χ2v) is 1.97. The first-order valence-corrected chi connectivity index (χ1v) is 2.98. The fraction of sp³-hybridized carbons (Fsp3) is 0.286. The highest BCUT2D eigenvalue weighted by atomic mass is 16.5. The van der Waals surface area contributed by atoms with Gasteiger partial charge in [0.25, 0.3) is 0 Å². The molecule has 1 heterocycles. The Hall–Kier alpha value is -1.09. The lowest BCUT2D eigenvalue weighted by molar-refractivity contribution is 0.130. The van der Waals surface area contributed by atoms with E-state index in [1.54, 1.807) is 24.1 Å². The molecule has 1 aromatic rings. The molecule has 10 heavy (non-hydrogen) atoms. The van der Waals surface area contributed by atoms with Gasteiger partial charge in [-0.3, -0.25) is 4.79 Å². The van der Waals surface area contributed by atoms with Gasteiger partial charge >= 0.3 is 0 Å². The van der Waals surface area contributed by atoms with E-state index in [0.717, 1.165) is 0 Å². The van der Waals surface area contributed by atoms with E-state index in [0.29, 0.717) is 6.73 Å². The fourth-order valence-electron chi connectivity index (χ4n) is 0.679. The van der Waals surface area contributed by atoms with Crippen LogP contribution < -0.4 is 5.43 Å². The highest BCUT2D eigenvalue weighted by Crippen LogP contribution is 1.82. The zero-order valence-corrected chi connectivity index (χ0v) is 5.78. The molecule has 0 unspecified atom stereocenters. The predicted molar refractivity (Wildman–Crippen MR) is 37.7 cm³/mol. The average Bonchev–Trinajstić information content (AvgIpc) is 1.95. The lowest BCUT2D eigenvalue weighted by Gasteiger charge is -2.01. The number of hydrogen-bond donors (Lipinski definition) is 0. The van der Waals surface area contributed by atoms with Crippen molar-refractivity contribution in [1.29, 1.82) is 0 Å². The summed E-state index contributed by atoms with van der Waals surface area (Å²) in [5, 5.41) is 0. The third-order valence-electron chi connectivity index (χ3n) is 1.14. The van der Waals surface area contributed by atoms with Crippen molar-refractivity contribution in [2.75, 3.05) is 7.11 Å². The third-order valence-corrected chi connectivity index (χ3v) is 1.14. The van der Waals surface area contributed by atoms with Gasteiger partial charge in [0.1, 0.15) is 6.73 Å². The number of ether oxygens (including phenoxy) is 1. The molecule has 0 N–H and O–H groups in total. The van der Waals surface area contributed by atoms with Gasteiger partial charge in [-0.05, 0) is 0 Å².